The third kappa shape index (κ3) is 5.03. The summed E-state index contributed by atoms with van der Waals surface area (Å²) in [6, 6.07) is 7.75. The third-order valence-corrected chi connectivity index (χ3v) is 9.71. The Morgan fingerprint density at radius 3 is 2.47 bits per heavy atom. The number of hydrogen-bond acceptors (Lipinski definition) is 6. The van der Waals surface area contributed by atoms with E-state index in [0.29, 0.717) is 25.1 Å². The van der Waals surface area contributed by atoms with Crippen LogP contribution in [0.5, 0.6) is 0 Å². The van der Waals surface area contributed by atoms with Crippen LogP contribution < -0.4 is 5.32 Å². The van der Waals surface area contributed by atoms with Gasteiger partial charge in [-0.1, -0.05) is 42.5 Å². The lowest BCUT2D eigenvalue weighted by Gasteiger charge is -2.30. The molecule has 0 saturated heterocycles. The molecule has 6 nitrogen and oxygen atoms in total. The van der Waals surface area contributed by atoms with Gasteiger partial charge in [0.2, 0.25) is 10.0 Å². The number of halogens is 2. The predicted molar refractivity (Wildman–Crippen MR) is 132 cm³/mol. The van der Waals surface area contributed by atoms with Crippen molar-refractivity contribution in [3.05, 3.63) is 49.9 Å². The van der Waals surface area contributed by atoms with Gasteiger partial charge >= 0.3 is 0 Å². The van der Waals surface area contributed by atoms with Crippen molar-refractivity contribution in [2.45, 2.75) is 43.0 Å². The maximum Gasteiger partial charge on any atom is 0.257 e. The van der Waals surface area contributed by atoms with Gasteiger partial charge in [-0.15, -0.1) is 22.7 Å². The lowest BCUT2D eigenvalue weighted by Crippen LogP contribution is -2.38. The normalized spacial score (nSPS) is 15.2. The molecule has 170 valence electrons. The first-order valence-electron chi connectivity index (χ1n) is 10.1. The molecule has 0 atom stereocenters. The van der Waals surface area contributed by atoms with Crippen molar-refractivity contribution in [3.8, 4) is 11.3 Å². The second-order valence-corrected chi connectivity index (χ2v) is 12.7. The highest BCUT2D eigenvalue weighted by Crippen LogP contribution is 2.39. The summed E-state index contributed by atoms with van der Waals surface area (Å²) in [6.45, 7) is 0. The van der Waals surface area contributed by atoms with Crippen LogP contribution in [0.3, 0.4) is 0 Å². The number of carbonyl (C=O) groups excluding carboxylic acids is 1. The van der Waals surface area contributed by atoms with Gasteiger partial charge in [0.25, 0.3) is 5.91 Å². The molecule has 1 aliphatic carbocycles. The smallest absolute Gasteiger partial charge is 0.257 e. The summed E-state index contributed by atoms with van der Waals surface area (Å²) in [5.74, 6) is -0.370. The van der Waals surface area contributed by atoms with Crippen LogP contribution in [0.4, 0.5) is 5.13 Å². The first kappa shape index (κ1) is 23.7. The molecule has 1 amide bonds. The fourth-order valence-electron chi connectivity index (χ4n) is 3.72. The van der Waals surface area contributed by atoms with Crippen molar-refractivity contribution in [1.82, 2.24) is 9.29 Å². The Morgan fingerprint density at radius 2 is 1.84 bits per heavy atom. The summed E-state index contributed by atoms with van der Waals surface area (Å²) in [7, 11) is -1.96. The van der Waals surface area contributed by atoms with Gasteiger partial charge in [-0.25, -0.2) is 13.4 Å². The summed E-state index contributed by atoms with van der Waals surface area (Å²) in [4.78, 5) is 17.2. The van der Waals surface area contributed by atoms with Crippen LogP contribution in [0.2, 0.25) is 8.67 Å². The van der Waals surface area contributed by atoms with Crippen LogP contribution in [0.25, 0.3) is 11.3 Å². The Bertz CT molecular complexity index is 1220. The molecule has 1 fully saturated rings. The zero-order valence-electron chi connectivity index (χ0n) is 17.2. The van der Waals surface area contributed by atoms with Crippen molar-refractivity contribution in [2.75, 3.05) is 12.4 Å². The molecule has 0 spiro atoms. The number of anilines is 1. The topological polar surface area (TPSA) is 79.4 Å². The summed E-state index contributed by atoms with van der Waals surface area (Å²) >= 11 is 14.7. The average molecular weight is 531 g/mol. The molecule has 1 aliphatic rings. The van der Waals surface area contributed by atoms with E-state index in [2.05, 4.69) is 10.3 Å². The maximum atomic E-state index is 13.0. The van der Waals surface area contributed by atoms with E-state index < -0.39 is 10.0 Å². The van der Waals surface area contributed by atoms with E-state index in [9.17, 15) is 13.2 Å². The first-order valence-corrected chi connectivity index (χ1v) is 13.9. The van der Waals surface area contributed by atoms with E-state index in [-0.39, 0.29) is 16.8 Å². The second-order valence-electron chi connectivity index (χ2n) is 7.57. The molecular weight excluding hydrogens is 509 g/mol. The number of nitrogens with zero attached hydrogens (tertiary/aromatic N) is 2. The Hall–Kier alpha value is -1.49. The highest BCUT2D eigenvalue weighted by Gasteiger charge is 2.29. The third-order valence-electron chi connectivity index (χ3n) is 5.54. The first-order chi connectivity index (χ1) is 15.3. The predicted octanol–water partition coefficient (Wildman–Crippen LogP) is 6.38. The monoisotopic (exact) mass is 529 g/mol. The summed E-state index contributed by atoms with van der Waals surface area (Å²) in [5.41, 5.74) is 1.69. The van der Waals surface area contributed by atoms with Crippen molar-refractivity contribution >= 4 is 66.9 Å². The summed E-state index contributed by atoms with van der Waals surface area (Å²) in [6.07, 6.45) is 5.02. The highest BCUT2D eigenvalue weighted by molar-refractivity contribution is 7.89. The van der Waals surface area contributed by atoms with Gasteiger partial charge in [-0.2, -0.15) is 4.31 Å². The SMILES string of the molecule is CN(C1CCCCC1)S(=O)(=O)c1ccc(C(=O)Nc2nc(-c3cc(Cl)sc3Cl)cs2)cc1. The van der Waals surface area contributed by atoms with E-state index in [1.807, 2.05) is 0 Å². The number of carbonyl (C=O) groups is 1. The van der Waals surface area contributed by atoms with Crippen molar-refractivity contribution < 1.29 is 13.2 Å². The minimum atomic E-state index is -3.60. The molecule has 32 heavy (non-hydrogen) atoms. The number of rotatable bonds is 6. The Kier molecular flexibility index (Phi) is 7.24. The van der Waals surface area contributed by atoms with E-state index in [1.54, 1.807) is 18.5 Å². The molecule has 3 aromatic rings. The minimum absolute atomic E-state index is 0.0300. The van der Waals surface area contributed by atoms with E-state index in [1.165, 1.54) is 51.2 Å². The highest BCUT2D eigenvalue weighted by atomic mass is 35.5. The number of hydrogen-bond donors (Lipinski definition) is 1. The number of thiazole rings is 1. The van der Waals surface area contributed by atoms with Gasteiger partial charge in [-0.3, -0.25) is 10.1 Å². The summed E-state index contributed by atoms with van der Waals surface area (Å²) in [5, 5.41) is 4.95. The van der Waals surface area contributed by atoms with Crippen LogP contribution >= 0.6 is 45.9 Å². The molecule has 2 aromatic heterocycles. The number of sulfonamides is 1. The molecule has 0 radical (unpaired) electrons. The number of benzene rings is 1. The molecular formula is C21H21Cl2N3O3S3. The second kappa shape index (κ2) is 9.79. The minimum Gasteiger partial charge on any atom is -0.298 e. The number of nitrogens with one attached hydrogen (secondary N) is 1. The summed E-state index contributed by atoms with van der Waals surface area (Å²) < 4.78 is 28.5. The maximum absolute atomic E-state index is 13.0. The molecule has 1 aromatic carbocycles. The van der Waals surface area contributed by atoms with E-state index >= 15 is 0 Å². The lowest BCUT2D eigenvalue weighted by molar-refractivity contribution is 0.102. The molecule has 0 aliphatic heterocycles. The van der Waals surface area contributed by atoms with Crippen molar-refractivity contribution in [3.63, 3.8) is 0 Å². The van der Waals surface area contributed by atoms with Crippen LogP contribution in [0.15, 0.2) is 40.6 Å². The van der Waals surface area contributed by atoms with Gasteiger partial charge in [0.1, 0.15) is 4.34 Å². The molecule has 0 bridgehead atoms. The van der Waals surface area contributed by atoms with E-state index in [0.717, 1.165) is 37.7 Å². The number of thiophene rings is 1. The van der Waals surface area contributed by atoms with Crippen LogP contribution in [0.1, 0.15) is 42.5 Å². The Balaban J connectivity index is 1.45. The Labute approximate surface area is 205 Å². The van der Waals surface area contributed by atoms with Gasteiger partial charge in [0.05, 0.1) is 14.9 Å². The molecule has 2 heterocycles. The molecule has 0 unspecified atom stereocenters. The lowest BCUT2D eigenvalue weighted by atomic mass is 9.96. The molecule has 4 rings (SSSR count). The zero-order valence-corrected chi connectivity index (χ0v) is 21.1. The van der Waals surface area contributed by atoms with Gasteiger partial charge in [0.15, 0.2) is 5.13 Å². The van der Waals surface area contributed by atoms with E-state index in [4.69, 9.17) is 23.2 Å². The van der Waals surface area contributed by atoms with Crippen molar-refractivity contribution in [1.29, 1.82) is 0 Å². The number of amides is 1. The van der Waals surface area contributed by atoms with Crippen LogP contribution in [-0.2, 0) is 10.0 Å². The standard InChI is InChI=1S/C21H21Cl2N3O3S3/c1-26(14-5-3-2-4-6-14)32(28,29)15-9-7-13(8-10-15)20(27)25-21-24-17(12-30-21)16-11-18(22)31-19(16)23/h7-12,14H,2-6H2,1H3,(H,24,25,27). The van der Waals surface area contributed by atoms with Gasteiger partial charge < -0.3 is 0 Å². The fraction of sp³-hybridized carbons (Fsp3) is 0.333. The van der Waals surface area contributed by atoms with Crippen LogP contribution in [-0.4, -0.2) is 36.7 Å². The molecule has 1 saturated carbocycles. The molecule has 1 N–H and O–H groups in total. The Morgan fingerprint density at radius 1 is 1.16 bits per heavy atom. The average Bonchev–Trinajstić information content (AvgIpc) is 3.39. The van der Waals surface area contributed by atoms with Crippen molar-refractivity contribution in [2.24, 2.45) is 0 Å². The van der Waals surface area contributed by atoms with Gasteiger partial charge in [-0.05, 0) is 43.2 Å². The fourth-order valence-corrected chi connectivity index (χ4v) is 7.33. The van der Waals surface area contributed by atoms with Gasteiger partial charge in [0, 0.05) is 29.6 Å². The number of aromatic nitrogens is 1. The molecule has 11 heteroatoms. The van der Waals surface area contributed by atoms with Crippen LogP contribution in [0, 0.1) is 0 Å². The quantitative estimate of drug-likeness (QED) is 0.401. The zero-order chi connectivity index (χ0) is 22.9. The largest absolute Gasteiger partial charge is 0.298 e.